The Morgan fingerprint density at radius 2 is 1.87 bits per heavy atom. The Balaban J connectivity index is 1.24. The van der Waals surface area contributed by atoms with E-state index in [1.807, 2.05) is 56.3 Å². The molecule has 4 heterocycles. The molecule has 2 aromatic carbocycles. The number of carbonyl (C=O) groups excluding carboxylic acids is 1. The number of hydrogen-bond acceptors (Lipinski definition) is 10. The molecule has 0 saturated heterocycles. The van der Waals surface area contributed by atoms with E-state index < -0.39 is 0 Å². The molecular formula is C28H24N4O5S2. The van der Waals surface area contributed by atoms with Crippen LogP contribution in [-0.2, 0) is 13.0 Å². The summed E-state index contributed by atoms with van der Waals surface area (Å²) in [5, 5.41) is 6.56. The van der Waals surface area contributed by atoms with Crippen LogP contribution in [0.25, 0.3) is 27.4 Å². The molecule has 0 atom stereocenters. The summed E-state index contributed by atoms with van der Waals surface area (Å²) in [6.45, 7) is 4.10. The lowest BCUT2D eigenvalue weighted by molar-refractivity contribution is 0.0996. The first kappa shape index (κ1) is 25.1. The van der Waals surface area contributed by atoms with Gasteiger partial charge in [-0.05, 0) is 42.4 Å². The van der Waals surface area contributed by atoms with Crippen molar-refractivity contribution in [2.24, 2.45) is 0 Å². The number of methoxy groups -OCH3 is 2. The first-order valence-corrected chi connectivity index (χ1v) is 13.7. The molecule has 0 saturated carbocycles. The topological polar surface area (TPSA) is 101 Å². The Labute approximate surface area is 231 Å². The number of nitrogens with zero attached hydrogens (tertiary/aromatic N) is 4. The van der Waals surface area contributed by atoms with Crippen LogP contribution < -0.4 is 14.2 Å². The van der Waals surface area contributed by atoms with Gasteiger partial charge in [0.15, 0.2) is 11.5 Å². The Morgan fingerprint density at radius 3 is 2.62 bits per heavy atom. The molecule has 0 amide bonds. The van der Waals surface area contributed by atoms with Crippen molar-refractivity contribution in [3.63, 3.8) is 0 Å². The van der Waals surface area contributed by atoms with Crippen molar-refractivity contribution in [1.82, 2.24) is 19.6 Å². The number of aryl methyl sites for hydroxylation is 2. The molecule has 0 N–H and O–H groups in total. The third-order valence-electron chi connectivity index (χ3n) is 6.17. The normalized spacial score (nSPS) is 11.4. The van der Waals surface area contributed by atoms with Gasteiger partial charge in [-0.1, -0.05) is 24.3 Å². The zero-order valence-corrected chi connectivity index (χ0v) is 23.3. The number of ketones is 1. The maximum absolute atomic E-state index is 12.8. The Hall–Kier alpha value is -4.22. The van der Waals surface area contributed by atoms with E-state index in [0.29, 0.717) is 51.7 Å². The molecule has 11 heteroatoms. The predicted octanol–water partition coefficient (Wildman–Crippen LogP) is 6.30. The van der Waals surface area contributed by atoms with Crippen LogP contribution in [0.1, 0.15) is 31.5 Å². The quantitative estimate of drug-likeness (QED) is 0.190. The third kappa shape index (κ3) is 4.98. The molecule has 0 aliphatic rings. The minimum atomic E-state index is 0.0735. The number of thiazole rings is 1. The van der Waals surface area contributed by atoms with Gasteiger partial charge in [-0.3, -0.25) is 4.79 Å². The molecule has 0 radical (unpaired) electrons. The summed E-state index contributed by atoms with van der Waals surface area (Å²) in [5.41, 5.74) is 3.94. The van der Waals surface area contributed by atoms with Crippen LogP contribution in [0.2, 0.25) is 0 Å². The number of aromatic nitrogens is 4. The predicted molar refractivity (Wildman–Crippen MR) is 150 cm³/mol. The summed E-state index contributed by atoms with van der Waals surface area (Å²) in [6.07, 6.45) is 2.11. The van der Waals surface area contributed by atoms with Crippen molar-refractivity contribution in [3.8, 4) is 28.1 Å². The summed E-state index contributed by atoms with van der Waals surface area (Å²) < 4.78 is 24.7. The molecule has 0 bridgehead atoms. The maximum atomic E-state index is 12.8. The van der Waals surface area contributed by atoms with Gasteiger partial charge in [0.1, 0.15) is 29.4 Å². The van der Waals surface area contributed by atoms with E-state index in [9.17, 15) is 4.79 Å². The molecule has 0 aliphatic heterocycles. The highest BCUT2D eigenvalue weighted by Crippen LogP contribution is 2.37. The van der Waals surface area contributed by atoms with Gasteiger partial charge in [0, 0.05) is 18.6 Å². The fourth-order valence-corrected chi connectivity index (χ4v) is 5.93. The van der Waals surface area contributed by atoms with Crippen molar-refractivity contribution in [1.29, 1.82) is 0 Å². The first-order chi connectivity index (χ1) is 18.9. The first-order valence-electron chi connectivity index (χ1n) is 12.1. The van der Waals surface area contributed by atoms with Crippen LogP contribution >= 0.6 is 22.7 Å². The zero-order chi connectivity index (χ0) is 27.1. The van der Waals surface area contributed by atoms with Gasteiger partial charge in [-0.2, -0.15) is 0 Å². The number of fused-ring (bicyclic) bond motifs is 2. The van der Waals surface area contributed by atoms with E-state index in [2.05, 4.69) is 15.1 Å². The molecular weight excluding hydrogens is 536 g/mol. The number of imidazole rings is 1. The van der Waals surface area contributed by atoms with E-state index in [1.54, 1.807) is 24.9 Å². The number of rotatable bonds is 9. The zero-order valence-electron chi connectivity index (χ0n) is 21.7. The Morgan fingerprint density at radius 1 is 1.03 bits per heavy atom. The fourth-order valence-electron chi connectivity index (χ4n) is 4.38. The van der Waals surface area contributed by atoms with Gasteiger partial charge in [0.05, 0.1) is 41.4 Å². The SMILES string of the molecule is COc1cc(OCc2cccc(CC(=O)c3sc(C)nc3C)c2)c2cc(-c3cn4nc(OC)sc4n3)oc2c1. The van der Waals surface area contributed by atoms with Crippen molar-refractivity contribution in [3.05, 3.63) is 75.4 Å². The maximum Gasteiger partial charge on any atom is 0.294 e. The number of carbonyl (C=O) groups is 1. The van der Waals surface area contributed by atoms with Crippen molar-refractivity contribution >= 4 is 44.4 Å². The van der Waals surface area contributed by atoms with Gasteiger partial charge >= 0.3 is 0 Å². The molecule has 198 valence electrons. The lowest BCUT2D eigenvalue weighted by atomic mass is 10.0. The minimum Gasteiger partial charge on any atom is -0.496 e. The highest BCUT2D eigenvalue weighted by molar-refractivity contribution is 7.18. The van der Waals surface area contributed by atoms with Crippen LogP contribution in [0, 0.1) is 13.8 Å². The summed E-state index contributed by atoms with van der Waals surface area (Å²) in [7, 11) is 3.18. The third-order valence-corrected chi connectivity index (χ3v) is 8.17. The van der Waals surface area contributed by atoms with Gasteiger partial charge < -0.3 is 18.6 Å². The number of benzene rings is 2. The number of furan rings is 1. The van der Waals surface area contributed by atoms with Crippen molar-refractivity contribution in [2.45, 2.75) is 26.9 Å². The van der Waals surface area contributed by atoms with E-state index in [1.165, 1.54) is 22.7 Å². The molecule has 0 spiro atoms. The van der Waals surface area contributed by atoms with Gasteiger partial charge in [-0.15, -0.1) is 16.4 Å². The minimum absolute atomic E-state index is 0.0735. The summed E-state index contributed by atoms with van der Waals surface area (Å²) in [4.78, 5) is 23.3. The average molecular weight is 561 g/mol. The molecule has 9 nitrogen and oxygen atoms in total. The van der Waals surface area contributed by atoms with Crippen molar-refractivity contribution in [2.75, 3.05) is 14.2 Å². The molecule has 0 fully saturated rings. The average Bonchev–Trinajstić information content (AvgIpc) is 3.69. The molecule has 6 aromatic rings. The fraction of sp³-hybridized carbons (Fsp3) is 0.214. The molecule has 4 aromatic heterocycles. The largest absolute Gasteiger partial charge is 0.496 e. The van der Waals surface area contributed by atoms with Crippen LogP contribution in [0.4, 0.5) is 0 Å². The Kier molecular flexibility index (Phi) is 6.53. The number of hydrogen-bond donors (Lipinski definition) is 0. The Bertz CT molecular complexity index is 1800. The van der Waals surface area contributed by atoms with Crippen LogP contribution in [0.5, 0.6) is 16.7 Å². The van der Waals surface area contributed by atoms with Gasteiger partial charge in [-0.25, -0.2) is 14.5 Å². The van der Waals surface area contributed by atoms with E-state index in [4.69, 9.17) is 18.6 Å². The van der Waals surface area contributed by atoms with Gasteiger partial charge in [0.2, 0.25) is 4.96 Å². The lowest BCUT2D eigenvalue weighted by Gasteiger charge is -2.10. The van der Waals surface area contributed by atoms with E-state index in [-0.39, 0.29) is 5.78 Å². The standard InChI is InChI=1S/C28H24N4O5S2/c1-15-26(38-16(2)29-15)22(33)9-17-6-5-7-18(8-17)14-36-23-10-19(34-3)11-24-20(23)12-25(37-24)21-13-32-27(30-21)39-28(31-32)35-4/h5-8,10-13H,9,14H2,1-4H3. The van der Waals surface area contributed by atoms with E-state index in [0.717, 1.165) is 32.1 Å². The summed E-state index contributed by atoms with van der Waals surface area (Å²) >= 11 is 2.79. The summed E-state index contributed by atoms with van der Waals surface area (Å²) in [5.74, 6) is 1.90. The highest BCUT2D eigenvalue weighted by atomic mass is 32.1. The second-order valence-electron chi connectivity index (χ2n) is 8.93. The molecule has 39 heavy (non-hydrogen) atoms. The van der Waals surface area contributed by atoms with Crippen molar-refractivity contribution < 1.29 is 23.4 Å². The second kappa shape index (κ2) is 10.2. The lowest BCUT2D eigenvalue weighted by Crippen LogP contribution is -2.04. The molecule has 6 rings (SSSR count). The second-order valence-corrected chi connectivity index (χ2v) is 11.1. The van der Waals surface area contributed by atoms with E-state index >= 15 is 0 Å². The molecule has 0 unspecified atom stereocenters. The van der Waals surface area contributed by atoms with Crippen LogP contribution in [-0.4, -0.2) is 39.6 Å². The molecule has 0 aliphatic carbocycles. The number of Topliss-reactive ketones (excluding diaryl/α,β-unsaturated/α-hetero) is 1. The monoisotopic (exact) mass is 560 g/mol. The van der Waals surface area contributed by atoms with Crippen LogP contribution in [0.3, 0.4) is 0 Å². The van der Waals surface area contributed by atoms with Gasteiger partial charge in [0.25, 0.3) is 5.19 Å². The smallest absolute Gasteiger partial charge is 0.294 e. The summed E-state index contributed by atoms with van der Waals surface area (Å²) in [6, 6.07) is 13.4. The number of ether oxygens (including phenoxy) is 3. The van der Waals surface area contributed by atoms with Crippen LogP contribution in [0.15, 0.2) is 53.1 Å². The highest BCUT2D eigenvalue weighted by Gasteiger charge is 2.18.